The topological polar surface area (TPSA) is 68.5 Å². The quantitative estimate of drug-likeness (QED) is 0.843. The Morgan fingerprint density at radius 1 is 1.25 bits per heavy atom. The zero-order valence-corrected chi connectivity index (χ0v) is 14.2. The molecule has 1 aliphatic heterocycles. The molecule has 24 heavy (non-hydrogen) atoms. The van der Waals surface area contributed by atoms with Crippen LogP contribution < -0.4 is 0 Å². The van der Waals surface area contributed by atoms with Crippen molar-refractivity contribution in [3.63, 3.8) is 0 Å². The van der Waals surface area contributed by atoms with E-state index in [1.807, 2.05) is 36.1 Å². The van der Waals surface area contributed by atoms with Gasteiger partial charge in [0.1, 0.15) is 6.61 Å². The van der Waals surface area contributed by atoms with Gasteiger partial charge in [-0.05, 0) is 32.3 Å². The van der Waals surface area contributed by atoms with E-state index >= 15 is 0 Å². The molecule has 128 valence electrons. The highest BCUT2D eigenvalue weighted by atomic mass is 16.5. The van der Waals surface area contributed by atoms with Gasteiger partial charge >= 0.3 is 0 Å². The Morgan fingerprint density at radius 2 is 1.96 bits per heavy atom. The molecule has 6 heteroatoms. The molecule has 1 fully saturated rings. The van der Waals surface area contributed by atoms with Crippen LogP contribution in [0.15, 0.2) is 28.8 Å². The molecule has 0 bridgehead atoms. The molecule has 0 unspecified atom stereocenters. The van der Waals surface area contributed by atoms with Crippen LogP contribution in [-0.4, -0.2) is 40.1 Å². The van der Waals surface area contributed by atoms with Gasteiger partial charge in [-0.1, -0.05) is 35.0 Å². The summed E-state index contributed by atoms with van der Waals surface area (Å²) in [6.45, 7) is 5.64. The summed E-state index contributed by atoms with van der Waals surface area (Å²) in [6.07, 6.45) is 2.28. The summed E-state index contributed by atoms with van der Waals surface area (Å²) in [5.74, 6) is 1.31. The number of aryl methyl sites for hydroxylation is 2. The number of rotatable bonds is 5. The normalized spacial score (nSPS) is 15.7. The molecule has 2 aromatic rings. The van der Waals surface area contributed by atoms with E-state index in [0.717, 1.165) is 31.5 Å². The number of hydrogen-bond donors (Lipinski definition) is 0. The van der Waals surface area contributed by atoms with Crippen LogP contribution in [0.5, 0.6) is 0 Å². The van der Waals surface area contributed by atoms with Crippen LogP contribution >= 0.6 is 0 Å². The largest absolute Gasteiger partial charge is 0.368 e. The molecule has 0 aliphatic carbocycles. The third-order valence-electron chi connectivity index (χ3n) is 4.28. The third-order valence-corrected chi connectivity index (χ3v) is 4.28. The number of benzene rings is 1. The fourth-order valence-corrected chi connectivity index (χ4v) is 2.85. The van der Waals surface area contributed by atoms with Crippen LogP contribution in [0.2, 0.25) is 0 Å². The lowest BCUT2D eigenvalue weighted by molar-refractivity contribution is -0.133. The molecule has 1 saturated heterocycles. The van der Waals surface area contributed by atoms with Gasteiger partial charge in [-0.2, -0.15) is 4.98 Å². The maximum Gasteiger partial charge on any atom is 0.252 e. The van der Waals surface area contributed by atoms with Gasteiger partial charge in [0.25, 0.3) is 5.89 Å². The van der Waals surface area contributed by atoms with Crippen molar-refractivity contribution in [1.82, 2.24) is 15.0 Å². The van der Waals surface area contributed by atoms with E-state index in [0.29, 0.717) is 24.7 Å². The second-order valence-corrected chi connectivity index (χ2v) is 6.29. The van der Waals surface area contributed by atoms with Gasteiger partial charge in [-0.3, -0.25) is 4.79 Å². The summed E-state index contributed by atoms with van der Waals surface area (Å²) in [5, 5.41) is 3.74. The molecule has 0 radical (unpaired) electrons. The predicted molar refractivity (Wildman–Crippen MR) is 88.3 cm³/mol. The lowest BCUT2D eigenvalue weighted by atomic mass is 10.1. The van der Waals surface area contributed by atoms with Crippen LogP contribution in [0.25, 0.3) is 0 Å². The molecular weight excluding hydrogens is 306 g/mol. The van der Waals surface area contributed by atoms with E-state index in [9.17, 15) is 4.79 Å². The SMILES string of the molecule is Cc1ccc(CC(=O)N2CCC(OCc3nc(C)no3)CC2)cc1. The fourth-order valence-electron chi connectivity index (χ4n) is 2.85. The zero-order valence-electron chi connectivity index (χ0n) is 14.2. The van der Waals surface area contributed by atoms with E-state index in [1.54, 1.807) is 6.92 Å². The average Bonchev–Trinajstić information content (AvgIpc) is 3.01. The van der Waals surface area contributed by atoms with E-state index < -0.39 is 0 Å². The monoisotopic (exact) mass is 329 g/mol. The Labute approximate surface area is 141 Å². The van der Waals surface area contributed by atoms with Crippen molar-refractivity contribution in [2.45, 2.75) is 45.8 Å². The smallest absolute Gasteiger partial charge is 0.252 e. The predicted octanol–water partition coefficient (Wildman–Crippen LogP) is 2.44. The third kappa shape index (κ3) is 4.41. The summed E-state index contributed by atoms with van der Waals surface area (Å²) in [5.41, 5.74) is 2.27. The highest BCUT2D eigenvalue weighted by Crippen LogP contribution is 2.16. The summed E-state index contributed by atoms with van der Waals surface area (Å²) in [4.78, 5) is 18.4. The lowest BCUT2D eigenvalue weighted by Gasteiger charge is -2.31. The van der Waals surface area contributed by atoms with E-state index in [-0.39, 0.29) is 12.0 Å². The van der Waals surface area contributed by atoms with Gasteiger partial charge < -0.3 is 14.2 Å². The van der Waals surface area contributed by atoms with Gasteiger partial charge in [-0.15, -0.1) is 0 Å². The number of ether oxygens (including phenoxy) is 1. The molecule has 1 aromatic carbocycles. The molecule has 1 aliphatic rings. The highest BCUT2D eigenvalue weighted by molar-refractivity contribution is 5.78. The molecule has 2 heterocycles. The molecule has 6 nitrogen and oxygen atoms in total. The molecule has 1 amide bonds. The highest BCUT2D eigenvalue weighted by Gasteiger charge is 2.23. The average molecular weight is 329 g/mol. The summed E-state index contributed by atoms with van der Waals surface area (Å²) >= 11 is 0. The Morgan fingerprint density at radius 3 is 2.58 bits per heavy atom. The Kier molecular flexibility index (Phi) is 5.25. The number of aromatic nitrogens is 2. The van der Waals surface area contributed by atoms with Gasteiger partial charge in [0.2, 0.25) is 5.91 Å². The van der Waals surface area contributed by atoms with E-state index in [4.69, 9.17) is 9.26 Å². The van der Waals surface area contributed by atoms with Crippen molar-refractivity contribution in [3.8, 4) is 0 Å². The molecule has 1 aromatic heterocycles. The number of nitrogens with zero attached hydrogens (tertiary/aromatic N) is 3. The van der Waals surface area contributed by atoms with Gasteiger partial charge in [0, 0.05) is 13.1 Å². The number of piperidine rings is 1. The first kappa shape index (κ1) is 16.6. The van der Waals surface area contributed by atoms with Crippen LogP contribution in [0.3, 0.4) is 0 Å². The minimum atomic E-state index is 0.139. The van der Waals surface area contributed by atoms with Gasteiger partial charge in [0.15, 0.2) is 5.82 Å². The number of carbonyl (C=O) groups is 1. The Balaban J connectivity index is 1.42. The lowest BCUT2D eigenvalue weighted by Crippen LogP contribution is -2.41. The summed E-state index contributed by atoms with van der Waals surface area (Å²) in [6, 6.07) is 8.13. The Hall–Kier alpha value is -2.21. The van der Waals surface area contributed by atoms with Crippen molar-refractivity contribution in [2.75, 3.05) is 13.1 Å². The van der Waals surface area contributed by atoms with Crippen LogP contribution in [0.1, 0.15) is 35.7 Å². The molecular formula is C18H23N3O3. The van der Waals surface area contributed by atoms with Crippen LogP contribution in [0, 0.1) is 13.8 Å². The number of hydrogen-bond acceptors (Lipinski definition) is 5. The molecule has 0 N–H and O–H groups in total. The Bertz CT molecular complexity index is 673. The first-order chi connectivity index (χ1) is 11.6. The van der Waals surface area contributed by atoms with Crippen molar-refractivity contribution >= 4 is 5.91 Å². The first-order valence-electron chi connectivity index (χ1n) is 8.34. The number of amides is 1. The summed E-state index contributed by atoms with van der Waals surface area (Å²) < 4.78 is 10.8. The zero-order chi connectivity index (χ0) is 16.9. The number of carbonyl (C=O) groups excluding carboxylic acids is 1. The van der Waals surface area contributed by atoms with Crippen molar-refractivity contribution in [3.05, 3.63) is 47.1 Å². The maximum atomic E-state index is 12.4. The minimum Gasteiger partial charge on any atom is -0.368 e. The number of likely N-dealkylation sites (tertiary alicyclic amines) is 1. The van der Waals surface area contributed by atoms with Crippen LogP contribution in [-0.2, 0) is 22.6 Å². The first-order valence-corrected chi connectivity index (χ1v) is 8.34. The molecule has 0 atom stereocenters. The molecule has 0 spiro atoms. The van der Waals surface area contributed by atoms with E-state index in [2.05, 4.69) is 10.1 Å². The maximum absolute atomic E-state index is 12.4. The minimum absolute atomic E-state index is 0.139. The van der Waals surface area contributed by atoms with Crippen molar-refractivity contribution < 1.29 is 14.1 Å². The molecule has 3 rings (SSSR count). The second-order valence-electron chi connectivity index (χ2n) is 6.29. The van der Waals surface area contributed by atoms with E-state index in [1.165, 1.54) is 5.56 Å². The van der Waals surface area contributed by atoms with Gasteiger partial charge in [0.05, 0.1) is 12.5 Å². The van der Waals surface area contributed by atoms with Crippen LogP contribution in [0.4, 0.5) is 0 Å². The second kappa shape index (κ2) is 7.57. The van der Waals surface area contributed by atoms with Gasteiger partial charge in [-0.25, -0.2) is 0 Å². The molecule has 0 saturated carbocycles. The van der Waals surface area contributed by atoms with Crippen molar-refractivity contribution in [2.24, 2.45) is 0 Å². The fraction of sp³-hybridized carbons (Fsp3) is 0.500. The van der Waals surface area contributed by atoms with Crippen molar-refractivity contribution in [1.29, 1.82) is 0 Å². The summed E-state index contributed by atoms with van der Waals surface area (Å²) in [7, 11) is 0. The standard InChI is InChI=1S/C18H23N3O3/c1-13-3-5-15(6-4-13)11-18(22)21-9-7-16(8-10-21)23-12-17-19-14(2)20-24-17/h3-6,16H,7-12H2,1-2H3.